The van der Waals surface area contributed by atoms with Crippen molar-refractivity contribution in [1.29, 1.82) is 0 Å². The summed E-state index contributed by atoms with van der Waals surface area (Å²) in [4.78, 5) is 38.2. The van der Waals surface area contributed by atoms with Crippen molar-refractivity contribution in [3.05, 3.63) is 59.7 Å². The Morgan fingerprint density at radius 3 is 2.18 bits per heavy atom. The number of hydrogen-bond acceptors (Lipinski definition) is 5. The van der Waals surface area contributed by atoms with Gasteiger partial charge in [-0.15, -0.1) is 0 Å². The molecule has 0 aromatic heterocycles. The number of likely N-dealkylation sites (N-methyl/N-ethyl adjacent to an activating group) is 1. The maximum absolute atomic E-state index is 12.9. The van der Waals surface area contributed by atoms with E-state index in [1.807, 2.05) is 48.5 Å². The van der Waals surface area contributed by atoms with Gasteiger partial charge < -0.3 is 25.2 Å². The minimum atomic E-state index is -1.29. The number of carboxylic acid groups (broad SMARTS) is 1. The molecule has 2 aromatic rings. The van der Waals surface area contributed by atoms with Crippen LogP contribution in [0.3, 0.4) is 0 Å². The van der Waals surface area contributed by atoms with Gasteiger partial charge in [-0.25, -0.2) is 4.79 Å². The van der Waals surface area contributed by atoms with Crippen molar-refractivity contribution in [1.82, 2.24) is 10.2 Å². The Morgan fingerprint density at radius 2 is 1.62 bits per heavy atom. The molecule has 1 saturated carbocycles. The molecular formula is C26H30N2O6. The Balaban J connectivity index is 1.41. The summed E-state index contributed by atoms with van der Waals surface area (Å²) >= 11 is 0. The third-order valence-electron chi connectivity index (χ3n) is 6.75. The van der Waals surface area contributed by atoms with Crippen LogP contribution in [-0.2, 0) is 14.3 Å². The van der Waals surface area contributed by atoms with Gasteiger partial charge in [0.25, 0.3) is 0 Å². The van der Waals surface area contributed by atoms with Crippen molar-refractivity contribution < 1.29 is 29.3 Å². The fourth-order valence-electron chi connectivity index (χ4n) is 5.13. The number of carbonyl (C=O) groups is 3. The molecule has 1 fully saturated rings. The molecule has 8 heteroatoms. The number of carbonyl (C=O) groups excluding carboxylic acids is 2. The number of ether oxygens (including phenoxy) is 1. The summed E-state index contributed by atoms with van der Waals surface area (Å²) in [5.41, 5.74) is 3.33. The number of aliphatic hydroxyl groups is 1. The molecule has 4 rings (SSSR count). The van der Waals surface area contributed by atoms with Gasteiger partial charge in [0.1, 0.15) is 12.6 Å². The van der Waals surface area contributed by atoms with E-state index in [4.69, 9.17) is 4.74 Å². The molecule has 0 bridgehead atoms. The maximum Gasteiger partial charge on any atom is 0.407 e. The highest BCUT2D eigenvalue weighted by Crippen LogP contribution is 2.44. The van der Waals surface area contributed by atoms with Gasteiger partial charge in [-0.2, -0.15) is 0 Å². The zero-order valence-corrected chi connectivity index (χ0v) is 19.2. The largest absolute Gasteiger partial charge is 0.481 e. The van der Waals surface area contributed by atoms with Crippen molar-refractivity contribution >= 4 is 18.0 Å². The first-order valence-electron chi connectivity index (χ1n) is 11.6. The molecule has 0 saturated heterocycles. The van der Waals surface area contributed by atoms with E-state index in [1.165, 1.54) is 11.9 Å². The Morgan fingerprint density at radius 1 is 1.06 bits per heavy atom. The molecule has 8 nitrogen and oxygen atoms in total. The molecule has 0 radical (unpaired) electrons. The van der Waals surface area contributed by atoms with E-state index < -0.39 is 36.0 Å². The van der Waals surface area contributed by atoms with Crippen molar-refractivity contribution in [2.45, 2.75) is 49.7 Å². The molecule has 0 heterocycles. The number of fused-ring (bicyclic) bond motifs is 3. The Hall–Kier alpha value is -3.39. The predicted molar refractivity (Wildman–Crippen MR) is 125 cm³/mol. The number of nitrogens with one attached hydrogen (secondary N) is 1. The first kappa shape index (κ1) is 23.8. The van der Waals surface area contributed by atoms with Crippen LogP contribution in [0.4, 0.5) is 4.79 Å². The van der Waals surface area contributed by atoms with Crippen LogP contribution in [0, 0.1) is 0 Å². The van der Waals surface area contributed by atoms with E-state index in [2.05, 4.69) is 5.32 Å². The van der Waals surface area contributed by atoms with Crippen LogP contribution < -0.4 is 5.32 Å². The number of benzene rings is 2. The molecule has 2 aromatic carbocycles. The van der Waals surface area contributed by atoms with E-state index in [0.717, 1.165) is 35.1 Å². The maximum atomic E-state index is 12.9. The third kappa shape index (κ3) is 5.07. The van der Waals surface area contributed by atoms with Gasteiger partial charge >= 0.3 is 12.1 Å². The molecule has 180 valence electrons. The van der Waals surface area contributed by atoms with Crippen LogP contribution in [0.5, 0.6) is 0 Å². The van der Waals surface area contributed by atoms with Crippen molar-refractivity contribution in [3.63, 3.8) is 0 Å². The molecule has 3 N–H and O–H groups in total. The average Bonchev–Trinajstić information content (AvgIpc) is 3.37. The summed E-state index contributed by atoms with van der Waals surface area (Å²) in [6.45, 7) is 0.151. The number of rotatable bonds is 8. The Labute approximate surface area is 198 Å². The quantitative estimate of drug-likeness (QED) is 0.550. The van der Waals surface area contributed by atoms with Crippen molar-refractivity contribution in [3.8, 4) is 11.1 Å². The smallest absolute Gasteiger partial charge is 0.407 e. The highest BCUT2D eigenvalue weighted by molar-refractivity contribution is 5.89. The number of aliphatic carboxylic acids is 1. The van der Waals surface area contributed by atoms with Gasteiger partial charge in [-0.1, -0.05) is 61.4 Å². The molecule has 0 aliphatic heterocycles. The first-order valence-corrected chi connectivity index (χ1v) is 11.6. The van der Waals surface area contributed by atoms with Crippen LogP contribution in [-0.4, -0.2) is 64.9 Å². The van der Waals surface area contributed by atoms with Gasteiger partial charge in [0.05, 0.1) is 12.0 Å². The topological polar surface area (TPSA) is 116 Å². The molecule has 2 aliphatic carbocycles. The normalized spacial score (nSPS) is 16.9. The van der Waals surface area contributed by atoms with Crippen LogP contribution in [0.25, 0.3) is 11.1 Å². The second kappa shape index (κ2) is 9.85. The summed E-state index contributed by atoms with van der Waals surface area (Å²) in [6.07, 6.45) is 1.52. The van der Waals surface area contributed by atoms with E-state index in [1.54, 1.807) is 0 Å². The summed E-state index contributed by atoms with van der Waals surface area (Å²) < 4.78 is 5.47. The molecule has 0 spiro atoms. The van der Waals surface area contributed by atoms with E-state index in [9.17, 15) is 24.6 Å². The standard InChI is InChI=1S/C26H30N2O6/c1-28(16-26(33)12-6-7-13-26)24(31)22(14-23(29)30)27-25(32)34-15-21-19-10-4-2-8-17(19)18-9-3-5-11-20(18)21/h2-5,8-11,21-22,33H,6-7,12-16H2,1H3,(H,27,32)(H,29,30). The minimum Gasteiger partial charge on any atom is -0.481 e. The van der Waals surface area contributed by atoms with E-state index >= 15 is 0 Å². The second-order valence-electron chi connectivity index (χ2n) is 9.25. The highest BCUT2D eigenvalue weighted by Gasteiger charge is 2.36. The van der Waals surface area contributed by atoms with Gasteiger partial charge in [0.2, 0.25) is 5.91 Å². The lowest BCUT2D eigenvalue weighted by molar-refractivity contribution is -0.143. The Bertz CT molecular complexity index is 1030. The fraction of sp³-hybridized carbons (Fsp3) is 0.423. The Kier molecular flexibility index (Phi) is 6.88. The predicted octanol–water partition coefficient (Wildman–Crippen LogP) is 3.13. The van der Waals surface area contributed by atoms with Crippen LogP contribution in [0.15, 0.2) is 48.5 Å². The van der Waals surface area contributed by atoms with Gasteiger partial charge in [0.15, 0.2) is 0 Å². The summed E-state index contributed by atoms with van der Waals surface area (Å²) in [7, 11) is 1.51. The average molecular weight is 467 g/mol. The molecular weight excluding hydrogens is 436 g/mol. The highest BCUT2D eigenvalue weighted by atomic mass is 16.5. The lowest BCUT2D eigenvalue weighted by Crippen LogP contribution is -2.52. The number of hydrogen-bond donors (Lipinski definition) is 3. The summed E-state index contributed by atoms with van der Waals surface area (Å²) in [5, 5.41) is 22.3. The van der Waals surface area contributed by atoms with E-state index in [0.29, 0.717) is 12.8 Å². The zero-order valence-electron chi connectivity index (χ0n) is 19.2. The van der Waals surface area contributed by atoms with Crippen LogP contribution >= 0.6 is 0 Å². The number of nitrogens with zero attached hydrogens (tertiary/aromatic N) is 1. The minimum absolute atomic E-state index is 0.0590. The molecule has 2 aliphatic rings. The van der Waals surface area contributed by atoms with Crippen LogP contribution in [0.1, 0.15) is 49.1 Å². The number of amides is 2. The van der Waals surface area contributed by atoms with Crippen molar-refractivity contribution in [2.24, 2.45) is 0 Å². The van der Waals surface area contributed by atoms with Gasteiger partial charge in [-0.05, 0) is 35.1 Å². The van der Waals surface area contributed by atoms with Gasteiger partial charge in [0, 0.05) is 19.5 Å². The molecule has 2 amide bonds. The fourth-order valence-corrected chi connectivity index (χ4v) is 5.13. The van der Waals surface area contributed by atoms with Gasteiger partial charge in [-0.3, -0.25) is 9.59 Å². The number of carboxylic acids is 1. The molecule has 34 heavy (non-hydrogen) atoms. The lowest BCUT2D eigenvalue weighted by Gasteiger charge is -2.31. The van der Waals surface area contributed by atoms with E-state index in [-0.39, 0.29) is 19.1 Å². The molecule has 1 unspecified atom stereocenters. The lowest BCUT2D eigenvalue weighted by atomic mass is 9.98. The number of alkyl carbamates (subject to hydrolysis) is 1. The molecule has 1 atom stereocenters. The monoisotopic (exact) mass is 466 g/mol. The van der Waals surface area contributed by atoms with Crippen LogP contribution in [0.2, 0.25) is 0 Å². The SMILES string of the molecule is CN(CC1(O)CCCC1)C(=O)C(CC(=O)O)NC(=O)OCC1c2ccccc2-c2ccccc21. The summed E-state index contributed by atoms with van der Waals surface area (Å²) in [5.74, 6) is -1.94. The second-order valence-corrected chi connectivity index (χ2v) is 9.25. The van der Waals surface area contributed by atoms with Crippen molar-refractivity contribution in [2.75, 3.05) is 20.2 Å². The summed E-state index contributed by atoms with van der Waals surface area (Å²) in [6, 6.07) is 14.6. The zero-order chi connectivity index (χ0) is 24.3. The first-order chi connectivity index (χ1) is 16.3. The third-order valence-corrected chi connectivity index (χ3v) is 6.75.